The van der Waals surface area contributed by atoms with Crippen molar-refractivity contribution in [2.24, 2.45) is 5.10 Å². The molecule has 0 aliphatic carbocycles. The fourth-order valence-electron chi connectivity index (χ4n) is 3.77. The van der Waals surface area contributed by atoms with E-state index in [1.165, 1.54) is 0 Å². The van der Waals surface area contributed by atoms with Crippen molar-refractivity contribution in [2.75, 3.05) is 24.1 Å². The first-order valence-corrected chi connectivity index (χ1v) is 13.0. The lowest BCUT2D eigenvalue weighted by atomic mass is 10.1. The molecule has 1 aliphatic rings. The van der Waals surface area contributed by atoms with E-state index < -0.39 is 22.5 Å². The summed E-state index contributed by atoms with van der Waals surface area (Å²) in [6.45, 7) is 7.85. The smallest absolute Gasteiger partial charge is 0.264 e. The van der Waals surface area contributed by atoms with Crippen LogP contribution in [0.4, 0.5) is 5.69 Å². The largest absolute Gasteiger partial charge is 0.486 e. The minimum absolute atomic E-state index is 0.109. The summed E-state index contributed by atoms with van der Waals surface area (Å²) in [5.74, 6) is 0.709. The summed E-state index contributed by atoms with van der Waals surface area (Å²) in [5.41, 5.74) is 6.79. The van der Waals surface area contributed by atoms with Crippen LogP contribution < -0.4 is 19.2 Å². The highest BCUT2D eigenvalue weighted by atomic mass is 32.2. The Kier molecular flexibility index (Phi) is 7.30. The van der Waals surface area contributed by atoms with Crippen molar-refractivity contribution >= 4 is 27.3 Å². The standard InChI is InChI=1S/C27H29N3O5S/c1-18-6-10-23(11-7-18)36(32,33)30(24-15-19(2)5-8-20(24)3)17-27(31)29-28-21(4)22-9-12-25-26(16-22)35-14-13-34-25/h5-12,15-16H,13-14,17H2,1-4H3,(H,29,31)/b28-21-. The first kappa shape index (κ1) is 25.2. The minimum Gasteiger partial charge on any atom is -0.486 e. The third-order valence-corrected chi connectivity index (χ3v) is 7.61. The van der Waals surface area contributed by atoms with Gasteiger partial charge in [-0.05, 0) is 75.2 Å². The van der Waals surface area contributed by atoms with Gasteiger partial charge < -0.3 is 9.47 Å². The van der Waals surface area contributed by atoms with Gasteiger partial charge >= 0.3 is 0 Å². The molecule has 3 aromatic carbocycles. The second-order valence-electron chi connectivity index (χ2n) is 8.71. The number of nitrogens with zero attached hydrogens (tertiary/aromatic N) is 2. The second kappa shape index (κ2) is 10.4. The van der Waals surface area contributed by atoms with E-state index in [1.54, 1.807) is 49.4 Å². The predicted octanol–water partition coefficient (Wildman–Crippen LogP) is 4.12. The highest BCUT2D eigenvalue weighted by Gasteiger charge is 2.28. The number of nitrogens with one attached hydrogen (secondary N) is 1. The Morgan fingerprint density at radius 2 is 1.58 bits per heavy atom. The average Bonchev–Trinajstić information content (AvgIpc) is 2.87. The number of amides is 1. The van der Waals surface area contributed by atoms with Crippen molar-refractivity contribution in [1.82, 2.24) is 5.43 Å². The zero-order valence-electron chi connectivity index (χ0n) is 20.7. The number of aryl methyl sites for hydroxylation is 3. The van der Waals surface area contributed by atoms with Crippen LogP contribution in [0.3, 0.4) is 0 Å². The van der Waals surface area contributed by atoms with Gasteiger partial charge in [-0.3, -0.25) is 9.10 Å². The highest BCUT2D eigenvalue weighted by Crippen LogP contribution is 2.31. The first-order chi connectivity index (χ1) is 17.1. The van der Waals surface area contributed by atoms with E-state index in [2.05, 4.69) is 10.5 Å². The maximum atomic E-state index is 13.6. The topological polar surface area (TPSA) is 97.3 Å². The van der Waals surface area contributed by atoms with Crippen LogP contribution in [0.15, 0.2) is 70.7 Å². The molecule has 4 rings (SSSR count). The van der Waals surface area contributed by atoms with Crippen LogP contribution >= 0.6 is 0 Å². The Morgan fingerprint density at radius 3 is 2.31 bits per heavy atom. The van der Waals surface area contributed by atoms with E-state index in [1.807, 2.05) is 39.0 Å². The second-order valence-corrected chi connectivity index (χ2v) is 10.6. The van der Waals surface area contributed by atoms with Gasteiger partial charge in [0.15, 0.2) is 11.5 Å². The Hall–Kier alpha value is -3.85. The molecule has 8 nitrogen and oxygen atoms in total. The van der Waals surface area contributed by atoms with Crippen molar-refractivity contribution in [3.8, 4) is 11.5 Å². The van der Waals surface area contributed by atoms with E-state index in [0.717, 1.165) is 26.6 Å². The number of hydrazone groups is 1. The highest BCUT2D eigenvalue weighted by molar-refractivity contribution is 7.92. The first-order valence-electron chi connectivity index (χ1n) is 11.5. The number of carbonyl (C=O) groups is 1. The Labute approximate surface area is 211 Å². The van der Waals surface area contributed by atoms with Crippen molar-refractivity contribution in [1.29, 1.82) is 0 Å². The number of hydrogen-bond acceptors (Lipinski definition) is 6. The molecule has 0 atom stereocenters. The number of benzene rings is 3. The molecule has 0 unspecified atom stereocenters. The molecule has 0 saturated carbocycles. The molecule has 3 aromatic rings. The van der Waals surface area contributed by atoms with Crippen LogP contribution in [0, 0.1) is 20.8 Å². The molecule has 0 bridgehead atoms. The van der Waals surface area contributed by atoms with Crippen molar-refractivity contribution in [3.05, 3.63) is 82.9 Å². The van der Waals surface area contributed by atoms with E-state index in [9.17, 15) is 13.2 Å². The minimum atomic E-state index is -4.01. The molecule has 0 spiro atoms. The van der Waals surface area contributed by atoms with Crippen LogP contribution in [0.2, 0.25) is 0 Å². The normalized spacial score (nSPS) is 13.3. The van der Waals surface area contributed by atoms with Crippen LogP contribution in [-0.2, 0) is 14.8 Å². The molecule has 0 fully saturated rings. The lowest BCUT2D eigenvalue weighted by molar-refractivity contribution is -0.119. The molecule has 188 valence electrons. The molecule has 1 amide bonds. The van der Waals surface area contributed by atoms with Gasteiger partial charge in [-0.2, -0.15) is 5.10 Å². The summed E-state index contributed by atoms with van der Waals surface area (Å²) in [6, 6.07) is 17.5. The molecule has 0 saturated heterocycles. The molecule has 1 N–H and O–H groups in total. The SMILES string of the molecule is C/C(=N/NC(=O)CN(c1cc(C)ccc1C)S(=O)(=O)c1ccc(C)cc1)c1ccc2c(c1)OCCO2. The van der Waals surface area contributed by atoms with Crippen LogP contribution in [0.1, 0.15) is 29.2 Å². The van der Waals surface area contributed by atoms with Crippen LogP contribution in [0.25, 0.3) is 0 Å². The van der Waals surface area contributed by atoms with Crippen LogP contribution in [0.5, 0.6) is 11.5 Å². The van der Waals surface area contributed by atoms with Gasteiger partial charge in [0.1, 0.15) is 19.8 Å². The number of carbonyl (C=O) groups excluding carboxylic acids is 1. The lowest BCUT2D eigenvalue weighted by Crippen LogP contribution is -2.40. The van der Waals surface area contributed by atoms with Crippen LogP contribution in [-0.4, -0.2) is 39.8 Å². The van der Waals surface area contributed by atoms with Gasteiger partial charge in [0, 0.05) is 5.56 Å². The van der Waals surface area contributed by atoms with Crippen molar-refractivity contribution < 1.29 is 22.7 Å². The molecule has 36 heavy (non-hydrogen) atoms. The van der Waals surface area contributed by atoms with Gasteiger partial charge in [-0.15, -0.1) is 0 Å². The van der Waals surface area contributed by atoms with Gasteiger partial charge in [0.25, 0.3) is 15.9 Å². The molecule has 0 aromatic heterocycles. The maximum absolute atomic E-state index is 13.6. The number of ether oxygens (including phenoxy) is 2. The Bertz CT molecular complexity index is 1420. The van der Waals surface area contributed by atoms with Gasteiger partial charge in [0.05, 0.1) is 16.3 Å². The van der Waals surface area contributed by atoms with Gasteiger partial charge in [-0.1, -0.05) is 29.8 Å². The predicted molar refractivity (Wildman–Crippen MR) is 139 cm³/mol. The van der Waals surface area contributed by atoms with Crippen molar-refractivity contribution in [3.63, 3.8) is 0 Å². The fourth-order valence-corrected chi connectivity index (χ4v) is 5.25. The summed E-state index contributed by atoms with van der Waals surface area (Å²) < 4.78 is 39.5. The monoisotopic (exact) mass is 507 g/mol. The van der Waals surface area contributed by atoms with Crippen molar-refractivity contribution in [2.45, 2.75) is 32.6 Å². The number of fused-ring (bicyclic) bond motifs is 1. The maximum Gasteiger partial charge on any atom is 0.264 e. The number of hydrogen-bond donors (Lipinski definition) is 1. The third-order valence-electron chi connectivity index (χ3n) is 5.84. The molecular weight excluding hydrogens is 478 g/mol. The Balaban J connectivity index is 1.59. The Morgan fingerprint density at radius 1 is 0.917 bits per heavy atom. The molecule has 1 aliphatic heterocycles. The van der Waals surface area contributed by atoms with E-state index in [-0.39, 0.29) is 4.90 Å². The van der Waals surface area contributed by atoms with E-state index >= 15 is 0 Å². The quantitative estimate of drug-likeness (QED) is 0.383. The molecule has 1 heterocycles. The summed E-state index contributed by atoms with van der Waals surface area (Å²) in [7, 11) is -4.01. The number of anilines is 1. The number of rotatable bonds is 7. The summed E-state index contributed by atoms with van der Waals surface area (Å²) in [4.78, 5) is 13.1. The summed E-state index contributed by atoms with van der Waals surface area (Å²) in [6.07, 6.45) is 0. The summed E-state index contributed by atoms with van der Waals surface area (Å²) >= 11 is 0. The molecule has 9 heteroatoms. The lowest BCUT2D eigenvalue weighted by Gasteiger charge is -2.25. The zero-order chi connectivity index (χ0) is 25.9. The average molecular weight is 508 g/mol. The van der Waals surface area contributed by atoms with Gasteiger partial charge in [0.2, 0.25) is 0 Å². The summed E-state index contributed by atoms with van der Waals surface area (Å²) in [5, 5.41) is 4.20. The zero-order valence-corrected chi connectivity index (χ0v) is 21.6. The van der Waals surface area contributed by atoms with E-state index in [0.29, 0.717) is 36.1 Å². The number of sulfonamides is 1. The van der Waals surface area contributed by atoms with Gasteiger partial charge in [-0.25, -0.2) is 13.8 Å². The molecular formula is C27H29N3O5S. The third kappa shape index (κ3) is 5.52. The molecule has 0 radical (unpaired) electrons. The van der Waals surface area contributed by atoms with E-state index in [4.69, 9.17) is 9.47 Å². The fraction of sp³-hybridized carbons (Fsp3) is 0.259.